The number of carbonyl (C=O) groups is 2. The molecule has 2 amide bonds. The summed E-state index contributed by atoms with van der Waals surface area (Å²) in [5.74, 6) is -2.42. The predicted molar refractivity (Wildman–Crippen MR) is 153 cm³/mol. The predicted octanol–water partition coefficient (Wildman–Crippen LogP) is 4.43. The van der Waals surface area contributed by atoms with Crippen LogP contribution in [0.4, 0.5) is 8.78 Å². The number of hydrogen-bond acceptors (Lipinski definition) is 4. The molecular weight excluding hydrogens is 512 g/mol. The van der Waals surface area contributed by atoms with Crippen LogP contribution in [0.2, 0.25) is 0 Å². The summed E-state index contributed by atoms with van der Waals surface area (Å²) >= 11 is 0. The van der Waals surface area contributed by atoms with Crippen LogP contribution in [0.25, 0.3) is 0 Å². The molecule has 3 aromatic rings. The van der Waals surface area contributed by atoms with Crippen molar-refractivity contribution in [2.75, 3.05) is 13.1 Å². The Morgan fingerprint density at radius 1 is 0.900 bits per heavy atom. The van der Waals surface area contributed by atoms with E-state index in [9.17, 15) is 23.5 Å². The number of carbonyl (C=O) groups excluding carboxylic acids is 2. The van der Waals surface area contributed by atoms with Gasteiger partial charge in [-0.15, -0.1) is 0 Å². The molecular formula is C32H39F2N3O3. The summed E-state index contributed by atoms with van der Waals surface area (Å²) in [6.07, 6.45) is -0.157. The molecule has 214 valence electrons. The topological polar surface area (TPSA) is 90.5 Å². The zero-order valence-electron chi connectivity index (χ0n) is 23.6. The van der Waals surface area contributed by atoms with E-state index >= 15 is 0 Å². The van der Waals surface area contributed by atoms with Gasteiger partial charge in [0.15, 0.2) is 0 Å². The number of aliphatic hydroxyl groups is 1. The second-order valence-electron chi connectivity index (χ2n) is 11.0. The maximum atomic E-state index is 13.8. The second kappa shape index (κ2) is 14.1. The van der Waals surface area contributed by atoms with E-state index in [2.05, 4.69) is 49.7 Å². The minimum Gasteiger partial charge on any atom is -0.390 e. The molecule has 0 aromatic heterocycles. The first-order valence-electron chi connectivity index (χ1n) is 13.5. The highest BCUT2D eigenvalue weighted by Crippen LogP contribution is 2.22. The number of halogens is 2. The van der Waals surface area contributed by atoms with Gasteiger partial charge in [0.05, 0.1) is 18.7 Å². The van der Waals surface area contributed by atoms with Crippen LogP contribution in [0.15, 0.2) is 66.7 Å². The zero-order valence-corrected chi connectivity index (χ0v) is 23.6. The molecule has 0 heterocycles. The average molecular weight is 552 g/mol. The minimum absolute atomic E-state index is 0.00318. The molecule has 3 rings (SSSR count). The summed E-state index contributed by atoms with van der Waals surface area (Å²) in [6.45, 7) is 8.62. The van der Waals surface area contributed by atoms with Crippen LogP contribution in [0.3, 0.4) is 0 Å². The van der Waals surface area contributed by atoms with Gasteiger partial charge in [0.25, 0.3) is 5.91 Å². The lowest BCUT2D eigenvalue weighted by atomic mass is 9.87. The standard InChI is InChI=1S/C32H39F2N3O3/c1-5-21-7-6-8-22(13-21)18-35-19-29(38)28(16-23-14-26(33)17-27(34)15-23)37-30(39)20-36-31(40)24-9-11-25(12-10-24)32(2,3)4/h6-15,17,28-29,35,38H,5,16,18-20H2,1-4H3,(H,36,40)(H,37,39)/t28-,29-/m0/s1. The molecule has 0 saturated heterocycles. The molecule has 0 spiro atoms. The lowest BCUT2D eigenvalue weighted by molar-refractivity contribution is -0.121. The summed E-state index contributed by atoms with van der Waals surface area (Å²) in [6, 6.07) is 17.5. The fourth-order valence-corrected chi connectivity index (χ4v) is 4.37. The third-order valence-electron chi connectivity index (χ3n) is 6.69. The molecule has 6 nitrogen and oxygen atoms in total. The molecule has 8 heteroatoms. The van der Waals surface area contributed by atoms with Crippen molar-refractivity contribution in [3.05, 3.63) is 106 Å². The number of aryl methyl sites for hydroxylation is 1. The Morgan fingerprint density at radius 2 is 1.55 bits per heavy atom. The lowest BCUT2D eigenvalue weighted by Gasteiger charge is -2.25. The monoisotopic (exact) mass is 551 g/mol. The Balaban J connectivity index is 1.62. The van der Waals surface area contributed by atoms with E-state index in [0.717, 1.165) is 23.6 Å². The van der Waals surface area contributed by atoms with E-state index in [4.69, 9.17) is 0 Å². The number of benzene rings is 3. The van der Waals surface area contributed by atoms with Crippen molar-refractivity contribution in [1.82, 2.24) is 16.0 Å². The molecule has 0 bridgehead atoms. The Morgan fingerprint density at radius 3 is 2.17 bits per heavy atom. The second-order valence-corrected chi connectivity index (χ2v) is 11.0. The first kappa shape index (κ1) is 30.9. The Labute approximate surface area is 235 Å². The number of aliphatic hydroxyl groups excluding tert-OH is 1. The van der Waals surface area contributed by atoms with Gasteiger partial charge in [0, 0.05) is 24.7 Å². The molecule has 0 aliphatic rings. The third kappa shape index (κ3) is 9.54. The lowest BCUT2D eigenvalue weighted by Crippen LogP contribution is -2.51. The molecule has 40 heavy (non-hydrogen) atoms. The summed E-state index contributed by atoms with van der Waals surface area (Å²) in [5, 5.41) is 19.4. The Hall–Kier alpha value is -3.62. The van der Waals surface area contributed by atoms with Crippen LogP contribution in [0, 0.1) is 11.6 Å². The van der Waals surface area contributed by atoms with Crippen molar-refractivity contribution in [2.45, 2.75) is 64.6 Å². The van der Waals surface area contributed by atoms with Crippen LogP contribution in [0.5, 0.6) is 0 Å². The molecule has 0 saturated carbocycles. The molecule has 4 N–H and O–H groups in total. The first-order chi connectivity index (χ1) is 18.9. The highest BCUT2D eigenvalue weighted by atomic mass is 19.1. The van der Waals surface area contributed by atoms with Gasteiger partial charge in [-0.05, 0) is 64.8 Å². The van der Waals surface area contributed by atoms with Crippen LogP contribution in [-0.4, -0.2) is 42.2 Å². The maximum absolute atomic E-state index is 13.8. The molecule has 0 unspecified atom stereocenters. The van der Waals surface area contributed by atoms with Gasteiger partial charge in [-0.3, -0.25) is 9.59 Å². The molecule has 0 aliphatic heterocycles. The summed E-state index contributed by atoms with van der Waals surface area (Å²) in [7, 11) is 0. The van der Waals surface area contributed by atoms with Gasteiger partial charge in [-0.25, -0.2) is 8.78 Å². The van der Waals surface area contributed by atoms with Gasteiger partial charge in [0.1, 0.15) is 11.6 Å². The van der Waals surface area contributed by atoms with Crippen molar-refractivity contribution in [2.24, 2.45) is 0 Å². The van der Waals surface area contributed by atoms with Gasteiger partial charge >= 0.3 is 0 Å². The average Bonchev–Trinajstić information content (AvgIpc) is 2.90. The third-order valence-corrected chi connectivity index (χ3v) is 6.69. The van der Waals surface area contributed by atoms with Gasteiger partial charge in [0.2, 0.25) is 5.91 Å². The molecule has 0 aliphatic carbocycles. The number of hydrogen-bond donors (Lipinski definition) is 4. The summed E-state index contributed by atoms with van der Waals surface area (Å²) in [4.78, 5) is 25.3. The fourth-order valence-electron chi connectivity index (χ4n) is 4.37. The quantitative estimate of drug-likeness (QED) is 0.268. The van der Waals surface area contributed by atoms with E-state index in [0.29, 0.717) is 17.7 Å². The van der Waals surface area contributed by atoms with Crippen molar-refractivity contribution >= 4 is 11.8 Å². The van der Waals surface area contributed by atoms with Crippen molar-refractivity contribution in [3.8, 4) is 0 Å². The van der Waals surface area contributed by atoms with E-state index < -0.39 is 35.6 Å². The van der Waals surface area contributed by atoms with E-state index in [1.54, 1.807) is 12.1 Å². The molecule has 2 atom stereocenters. The molecule has 3 aromatic carbocycles. The fraction of sp³-hybridized carbons (Fsp3) is 0.375. The van der Waals surface area contributed by atoms with Crippen molar-refractivity contribution in [1.29, 1.82) is 0 Å². The van der Waals surface area contributed by atoms with Crippen LogP contribution in [-0.2, 0) is 29.6 Å². The van der Waals surface area contributed by atoms with Gasteiger partial charge < -0.3 is 21.1 Å². The summed E-state index contributed by atoms with van der Waals surface area (Å²) in [5.41, 5.74) is 4.00. The minimum atomic E-state index is -1.06. The largest absolute Gasteiger partial charge is 0.390 e. The Bertz CT molecular complexity index is 1270. The normalized spacial score (nSPS) is 13.0. The van der Waals surface area contributed by atoms with Crippen LogP contribution < -0.4 is 16.0 Å². The maximum Gasteiger partial charge on any atom is 0.251 e. The van der Waals surface area contributed by atoms with Crippen LogP contribution in [0.1, 0.15) is 60.3 Å². The summed E-state index contributed by atoms with van der Waals surface area (Å²) < 4.78 is 27.6. The number of amides is 2. The first-order valence-corrected chi connectivity index (χ1v) is 13.5. The highest BCUT2D eigenvalue weighted by molar-refractivity contribution is 5.96. The molecule has 0 radical (unpaired) electrons. The van der Waals surface area contributed by atoms with Gasteiger partial charge in [-0.2, -0.15) is 0 Å². The Kier molecular flexibility index (Phi) is 10.9. The molecule has 0 fully saturated rings. The van der Waals surface area contributed by atoms with Crippen molar-refractivity contribution in [3.63, 3.8) is 0 Å². The SMILES string of the molecule is CCc1cccc(CNC[C@H](O)[C@H](Cc2cc(F)cc(F)c2)NC(=O)CNC(=O)c2ccc(C(C)(C)C)cc2)c1. The van der Waals surface area contributed by atoms with Gasteiger partial charge in [-0.1, -0.05) is 64.1 Å². The number of rotatable bonds is 12. The van der Waals surface area contributed by atoms with Crippen molar-refractivity contribution < 1.29 is 23.5 Å². The van der Waals surface area contributed by atoms with E-state index in [1.807, 2.05) is 30.3 Å². The zero-order chi connectivity index (χ0) is 29.3. The highest BCUT2D eigenvalue weighted by Gasteiger charge is 2.23. The smallest absolute Gasteiger partial charge is 0.251 e. The van der Waals surface area contributed by atoms with E-state index in [-0.39, 0.29) is 24.9 Å². The van der Waals surface area contributed by atoms with Crippen LogP contribution >= 0.6 is 0 Å². The number of nitrogens with one attached hydrogen (secondary N) is 3. The van der Waals surface area contributed by atoms with E-state index in [1.165, 1.54) is 17.7 Å².